The third-order valence-electron chi connectivity index (χ3n) is 3.09. The van der Waals surface area contributed by atoms with Crippen LogP contribution >= 0.6 is 0 Å². The van der Waals surface area contributed by atoms with Gasteiger partial charge < -0.3 is 15.6 Å². The number of amides is 1. The summed E-state index contributed by atoms with van der Waals surface area (Å²) in [6, 6.07) is 5.53. The minimum absolute atomic E-state index is 0.0520. The van der Waals surface area contributed by atoms with Gasteiger partial charge in [-0.2, -0.15) is 0 Å². The highest BCUT2D eigenvalue weighted by molar-refractivity contribution is 5.99. The van der Waals surface area contributed by atoms with E-state index in [0.29, 0.717) is 16.8 Å². The monoisotopic (exact) mass is 290 g/mol. The first-order chi connectivity index (χ1) is 9.95. The normalized spacial score (nSPS) is 10.6. The fourth-order valence-electron chi connectivity index (χ4n) is 2.21. The van der Waals surface area contributed by atoms with Crippen LogP contribution in [0.4, 0.5) is 4.39 Å². The molecule has 5 nitrogen and oxygen atoms in total. The average Bonchev–Trinajstić information content (AvgIpc) is 2.40. The van der Waals surface area contributed by atoms with E-state index in [1.807, 2.05) is 0 Å². The molecule has 1 amide bonds. The number of halogens is 1. The topological polar surface area (TPSA) is 85.4 Å². The number of ether oxygens (including phenoxy) is 1. The van der Waals surface area contributed by atoms with Gasteiger partial charge in [0.15, 0.2) is 0 Å². The van der Waals surface area contributed by atoms with E-state index in [2.05, 4.69) is 4.98 Å². The van der Waals surface area contributed by atoms with Crippen LogP contribution in [0.25, 0.3) is 11.1 Å². The summed E-state index contributed by atoms with van der Waals surface area (Å²) < 4.78 is 18.0. The third kappa shape index (κ3) is 2.85. The van der Waals surface area contributed by atoms with Crippen LogP contribution in [-0.4, -0.2) is 23.1 Å². The summed E-state index contributed by atoms with van der Waals surface area (Å²) in [5.41, 5.74) is 6.89. The van der Waals surface area contributed by atoms with Crippen molar-refractivity contribution >= 4 is 5.91 Å². The van der Waals surface area contributed by atoms with Gasteiger partial charge in [-0.05, 0) is 24.6 Å². The van der Waals surface area contributed by atoms with Gasteiger partial charge in [-0.1, -0.05) is 12.1 Å². The van der Waals surface area contributed by atoms with Gasteiger partial charge in [0.1, 0.15) is 17.1 Å². The lowest BCUT2D eigenvalue weighted by atomic mass is 9.98. The summed E-state index contributed by atoms with van der Waals surface area (Å²) in [5, 5.41) is 10.4. The van der Waals surface area contributed by atoms with Gasteiger partial charge in [0.25, 0.3) is 5.91 Å². The highest BCUT2D eigenvalue weighted by Crippen LogP contribution is 2.35. The van der Waals surface area contributed by atoms with Crippen LogP contribution < -0.4 is 5.73 Å². The Balaban J connectivity index is 2.70. The number of carbonyl (C=O) groups is 1. The number of aryl methyl sites for hydroxylation is 1. The summed E-state index contributed by atoms with van der Waals surface area (Å²) in [6.07, 6.45) is 0. The van der Waals surface area contributed by atoms with Crippen LogP contribution in [0.3, 0.4) is 0 Å². The largest absolute Gasteiger partial charge is 0.506 e. The molecule has 0 atom stereocenters. The quantitative estimate of drug-likeness (QED) is 0.903. The van der Waals surface area contributed by atoms with E-state index in [-0.39, 0.29) is 23.6 Å². The number of carbonyl (C=O) groups excluding carboxylic acids is 1. The van der Waals surface area contributed by atoms with Crippen molar-refractivity contribution in [3.63, 3.8) is 0 Å². The van der Waals surface area contributed by atoms with E-state index in [9.17, 15) is 14.3 Å². The van der Waals surface area contributed by atoms with Gasteiger partial charge in [0.05, 0.1) is 12.3 Å². The average molecular weight is 290 g/mol. The first-order valence-corrected chi connectivity index (χ1v) is 6.22. The second-order valence-corrected chi connectivity index (χ2v) is 4.55. The molecule has 0 saturated carbocycles. The Hall–Kier alpha value is -2.47. The van der Waals surface area contributed by atoms with Crippen LogP contribution in [0.1, 0.15) is 21.7 Å². The molecule has 1 aromatic carbocycles. The number of nitrogens with two attached hydrogens (primary N) is 1. The summed E-state index contributed by atoms with van der Waals surface area (Å²) in [7, 11) is 1.45. The Bertz CT molecular complexity index is 684. The van der Waals surface area contributed by atoms with Crippen molar-refractivity contribution in [2.24, 2.45) is 5.73 Å². The van der Waals surface area contributed by atoms with Crippen molar-refractivity contribution in [1.29, 1.82) is 0 Å². The van der Waals surface area contributed by atoms with E-state index in [4.69, 9.17) is 10.5 Å². The molecular formula is C15H15FN2O3. The Morgan fingerprint density at radius 1 is 1.38 bits per heavy atom. The number of aromatic hydroxyl groups is 1. The van der Waals surface area contributed by atoms with Gasteiger partial charge in [0, 0.05) is 18.4 Å². The zero-order valence-corrected chi connectivity index (χ0v) is 11.7. The summed E-state index contributed by atoms with van der Waals surface area (Å²) in [5.74, 6) is -1.46. The molecule has 6 heteroatoms. The molecule has 0 radical (unpaired) electrons. The minimum Gasteiger partial charge on any atom is -0.506 e. The molecule has 1 heterocycles. The lowest BCUT2D eigenvalue weighted by Crippen LogP contribution is -2.17. The number of rotatable bonds is 4. The zero-order chi connectivity index (χ0) is 15.6. The lowest BCUT2D eigenvalue weighted by Gasteiger charge is -2.14. The molecule has 0 aliphatic rings. The number of pyridine rings is 1. The standard InChI is InChI=1S/C15H15FN2O3/c1-8-12(9-3-5-10(16)6-4-9)14(19)13(15(17)20)11(18-8)7-21-2/h3-6H,7H2,1-2H3,(H2,17,20)(H,18,19). The fraction of sp³-hybridized carbons (Fsp3) is 0.200. The number of benzene rings is 1. The molecule has 0 saturated heterocycles. The molecule has 0 unspecified atom stereocenters. The van der Waals surface area contributed by atoms with Gasteiger partial charge >= 0.3 is 0 Å². The molecule has 2 aromatic rings. The molecule has 0 fully saturated rings. The number of nitrogens with zero attached hydrogens (tertiary/aromatic N) is 1. The molecular weight excluding hydrogens is 275 g/mol. The van der Waals surface area contributed by atoms with Crippen molar-refractivity contribution in [2.45, 2.75) is 13.5 Å². The van der Waals surface area contributed by atoms with Crippen LogP contribution in [-0.2, 0) is 11.3 Å². The van der Waals surface area contributed by atoms with Crippen LogP contribution in [0.2, 0.25) is 0 Å². The summed E-state index contributed by atoms with van der Waals surface area (Å²) in [6.45, 7) is 1.73. The van der Waals surface area contributed by atoms with Crippen LogP contribution in [0, 0.1) is 12.7 Å². The summed E-state index contributed by atoms with van der Waals surface area (Å²) in [4.78, 5) is 15.8. The second kappa shape index (κ2) is 5.88. The van der Waals surface area contributed by atoms with Gasteiger partial charge in [-0.25, -0.2) is 4.39 Å². The summed E-state index contributed by atoms with van der Waals surface area (Å²) >= 11 is 0. The van der Waals surface area contributed by atoms with E-state index < -0.39 is 11.7 Å². The number of methoxy groups -OCH3 is 1. The zero-order valence-electron chi connectivity index (χ0n) is 11.7. The van der Waals surface area contributed by atoms with E-state index in [0.717, 1.165) is 0 Å². The number of primary amides is 1. The van der Waals surface area contributed by atoms with Gasteiger partial charge in [-0.3, -0.25) is 9.78 Å². The van der Waals surface area contributed by atoms with Crippen molar-refractivity contribution in [1.82, 2.24) is 4.98 Å². The Kier molecular flexibility index (Phi) is 4.18. The predicted molar refractivity (Wildman–Crippen MR) is 75.3 cm³/mol. The Morgan fingerprint density at radius 2 is 2.00 bits per heavy atom. The minimum atomic E-state index is -0.796. The molecule has 2 rings (SSSR count). The number of aromatic nitrogens is 1. The first kappa shape index (κ1) is 14.9. The SMILES string of the molecule is COCc1nc(C)c(-c2ccc(F)cc2)c(O)c1C(N)=O. The molecule has 0 bridgehead atoms. The van der Waals surface area contributed by atoms with Gasteiger partial charge in [-0.15, -0.1) is 0 Å². The Morgan fingerprint density at radius 3 is 2.52 bits per heavy atom. The third-order valence-corrected chi connectivity index (χ3v) is 3.09. The molecule has 0 spiro atoms. The smallest absolute Gasteiger partial charge is 0.254 e. The van der Waals surface area contributed by atoms with Gasteiger partial charge in [0.2, 0.25) is 0 Å². The van der Waals surface area contributed by atoms with E-state index in [1.54, 1.807) is 6.92 Å². The first-order valence-electron chi connectivity index (χ1n) is 6.22. The molecule has 0 aliphatic heterocycles. The predicted octanol–water partition coefficient (Wildman–Crippen LogP) is 2.15. The number of hydrogen-bond acceptors (Lipinski definition) is 4. The highest BCUT2D eigenvalue weighted by Gasteiger charge is 2.22. The second-order valence-electron chi connectivity index (χ2n) is 4.55. The molecule has 21 heavy (non-hydrogen) atoms. The van der Waals surface area contributed by atoms with Crippen molar-refractivity contribution < 1.29 is 19.0 Å². The van der Waals surface area contributed by atoms with Crippen molar-refractivity contribution in [3.8, 4) is 16.9 Å². The number of hydrogen-bond donors (Lipinski definition) is 2. The van der Waals surface area contributed by atoms with E-state index >= 15 is 0 Å². The van der Waals surface area contributed by atoms with Crippen molar-refractivity contribution in [2.75, 3.05) is 7.11 Å². The molecule has 3 N–H and O–H groups in total. The fourth-order valence-corrected chi connectivity index (χ4v) is 2.21. The van der Waals surface area contributed by atoms with Crippen LogP contribution in [0.15, 0.2) is 24.3 Å². The maximum Gasteiger partial charge on any atom is 0.254 e. The maximum atomic E-state index is 13.0. The highest BCUT2D eigenvalue weighted by atomic mass is 19.1. The van der Waals surface area contributed by atoms with Crippen LogP contribution in [0.5, 0.6) is 5.75 Å². The lowest BCUT2D eigenvalue weighted by molar-refractivity contribution is 0.0991. The van der Waals surface area contributed by atoms with Crippen molar-refractivity contribution in [3.05, 3.63) is 47.0 Å². The molecule has 0 aliphatic carbocycles. The van der Waals surface area contributed by atoms with E-state index in [1.165, 1.54) is 31.4 Å². The Labute approximate surface area is 121 Å². The molecule has 1 aromatic heterocycles. The maximum absolute atomic E-state index is 13.0. The molecule has 110 valence electrons.